The number of hydrogen-bond donors (Lipinski definition) is 0. The molecule has 5 heteroatoms. The van der Waals surface area contributed by atoms with Gasteiger partial charge >= 0.3 is 0 Å². The summed E-state index contributed by atoms with van der Waals surface area (Å²) in [5.41, 5.74) is 5.91. The molecule has 0 spiro atoms. The molecule has 5 rings (SSSR count). The lowest BCUT2D eigenvalue weighted by Gasteiger charge is -2.56. The fraction of sp³-hybridized carbons (Fsp3) is 0.560. The van der Waals surface area contributed by atoms with Crippen LogP contribution in [0.4, 0.5) is 0 Å². The number of hydrogen-bond acceptors (Lipinski definition) is 4. The van der Waals surface area contributed by atoms with Crippen molar-refractivity contribution in [3.8, 4) is 0 Å². The van der Waals surface area contributed by atoms with Gasteiger partial charge in [0, 0.05) is 17.8 Å². The van der Waals surface area contributed by atoms with Gasteiger partial charge in [-0.25, -0.2) is 0 Å². The lowest BCUT2D eigenvalue weighted by Crippen LogP contribution is -2.47. The molecule has 0 bridgehead atoms. The van der Waals surface area contributed by atoms with Gasteiger partial charge in [-0.2, -0.15) is 8.42 Å². The van der Waals surface area contributed by atoms with Gasteiger partial charge in [-0.1, -0.05) is 49.3 Å². The maximum absolute atomic E-state index is 11.6. The van der Waals surface area contributed by atoms with Crippen LogP contribution >= 0.6 is 0 Å². The largest absolute Gasteiger partial charge is 0.267 e. The van der Waals surface area contributed by atoms with Crippen LogP contribution in [0.1, 0.15) is 57.9 Å². The van der Waals surface area contributed by atoms with Crippen molar-refractivity contribution in [2.45, 2.75) is 58.5 Å². The number of aromatic nitrogens is 1. The summed E-state index contributed by atoms with van der Waals surface area (Å²) in [6.07, 6.45) is 17.9. The second kappa shape index (κ2) is 6.89. The van der Waals surface area contributed by atoms with E-state index in [-0.39, 0.29) is 16.9 Å². The summed E-state index contributed by atoms with van der Waals surface area (Å²) >= 11 is 0. The van der Waals surface area contributed by atoms with Crippen molar-refractivity contribution in [1.29, 1.82) is 0 Å². The molecule has 2 fully saturated rings. The van der Waals surface area contributed by atoms with Gasteiger partial charge in [-0.15, -0.1) is 0 Å². The van der Waals surface area contributed by atoms with Gasteiger partial charge in [0.05, 0.1) is 12.4 Å². The first kappa shape index (κ1) is 20.2. The zero-order valence-electron chi connectivity index (χ0n) is 18.1. The van der Waals surface area contributed by atoms with E-state index in [2.05, 4.69) is 43.1 Å². The zero-order valence-corrected chi connectivity index (χ0v) is 18.9. The topological polar surface area (TPSA) is 56.3 Å². The fourth-order valence-corrected chi connectivity index (χ4v) is 7.56. The number of nitrogens with zero attached hydrogens (tertiary/aromatic N) is 1. The SMILES string of the molecule is C[C@]12CC[C@H]3[C@@H](CC=C4C[C@@H](OS(C)(=O)=O)CC[C@@]43C)C1=CC=C2c1cccnc1. The number of pyridine rings is 1. The van der Waals surface area contributed by atoms with Crippen LogP contribution in [0.5, 0.6) is 0 Å². The first-order valence-electron chi connectivity index (χ1n) is 11.1. The van der Waals surface area contributed by atoms with E-state index in [1.807, 2.05) is 18.5 Å². The molecule has 30 heavy (non-hydrogen) atoms. The molecule has 4 nitrogen and oxygen atoms in total. The van der Waals surface area contributed by atoms with Gasteiger partial charge in [0.2, 0.25) is 0 Å². The number of fused-ring (bicyclic) bond motifs is 5. The highest BCUT2D eigenvalue weighted by atomic mass is 32.2. The maximum Gasteiger partial charge on any atom is 0.264 e. The molecule has 2 saturated carbocycles. The Labute approximate surface area is 180 Å². The van der Waals surface area contributed by atoms with Gasteiger partial charge < -0.3 is 0 Å². The summed E-state index contributed by atoms with van der Waals surface area (Å²) in [5.74, 6) is 1.19. The normalized spacial score (nSPS) is 38.0. The molecule has 0 amide bonds. The minimum Gasteiger partial charge on any atom is -0.267 e. The van der Waals surface area contributed by atoms with Gasteiger partial charge in [-0.05, 0) is 73.0 Å². The lowest BCUT2D eigenvalue weighted by molar-refractivity contribution is 0.0467. The van der Waals surface area contributed by atoms with E-state index in [1.165, 1.54) is 23.1 Å². The third kappa shape index (κ3) is 3.13. The van der Waals surface area contributed by atoms with Crippen LogP contribution in [-0.4, -0.2) is 25.8 Å². The number of allylic oxidation sites excluding steroid dienone is 5. The quantitative estimate of drug-likeness (QED) is 0.487. The molecular weight excluding hydrogens is 394 g/mol. The Bertz CT molecular complexity index is 1060. The van der Waals surface area contributed by atoms with Crippen molar-refractivity contribution >= 4 is 15.7 Å². The predicted molar refractivity (Wildman–Crippen MR) is 119 cm³/mol. The lowest BCUT2D eigenvalue weighted by atomic mass is 9.49. The molecule has 1 aromatic rings. The standard InChI is InChI=1S/C25H31NO3S/c1-24-12-10-19(29-30(3,27)28)15-18(24)6-7-20-22-9-8-21(17-5-4-14-26-16-17)25(22,2)13-11-23(20)24/h4-6,8-9,14,16,19-20,23H,7,10-13,15H2,1-3H3/t19-,20-,23-,24-,25+/m0/s1. The molecule has 0 radical (unpaired) electrons. The van der Waals surface area contributed by atoms with Crippen LogP contribution in [-0.2, 0) is 14.3 Å². The second-order valence-corrected chi connectivity index (χ2v) is 11.7. The molecule has 0 saturated heterocycles. The highest BCUT2D eigenvalue weighted by Crippen LogP contribution is 2.64. The fourth-order valence-electron chi connectivity index (χ4n) is 6.90. The monoisotopic (exact) mass is 425 g/mol. The van der Waals surface area contributed by atoms with Gasteiger partial charge in [-0.3, -0.25) is 9.17 Å². The molecule has 0 aliphatic heterocycles. The highest BCUT2D eigenvalue weighted by Gasteiger charge is 2.54. The summed E-state index contributed by atoms with van der Waals surface area (Å²) in [5, 5.41) is 0. The van der Waals surface area contributed by atoms with Gasteiger partial charge in [0.25, 0.3) is 10.1 Å². The third-order valence-electron chi connectivity index (χ3n) is 8.39. The number of rotatable bonds is 3. The summed E-state index contributed by atoms with van der Waals surface area (Å²) in [7, 11) is -3.41. The molecule has 0 aromatic carbocycles. The average molecular weight is 426 g/mol. The highest BCUT2D eigenvalue weighted by molar-refractivity contribution is 7.86. The first-order chi connectivity index (χ1) is 14.2. The molecular formula is C25H31NO3S. The van der Waals surface area contributed by atoms with Crippen molar-refractivity contribution in [1.82, 2.24) is 4.98 Å². The van der Waals surface area contributed by atoms with E-state index in [0.29, 0.717) is 11.8 Å². The predicted octanol–water partition coefficient (Wildman–Crippen LogP) is 5.30. The van der Waals surface area contributed by atoms with E-state index < -0.39 is 10.1 Å². The Hall–Kier alpha value is -1.72. The Morgan fingerprint density at radius 1 is 1.17 bits per heavy atom. The van der Waals surface area contributed by atoms with Crippen LogP contribution in [0.15, 0.2) is 53.9 Å². The van der Waals surface area contributed by atoms with Crippen LogP contribution < -0.4 is 0 Å². The molecule has 4 aliphatic carbocycles. The van der Waals surface area contributed by atoms with Crippen molar-refractivity contribution in [3.05, 3.63) is 59.5 Å². The first-order valence-corrected chi connectivity index (χ1v) is 12.9. The minimum absolute atomic E-state index is 0.0997. The van der Waals surface area contributed by atoms with Crippen LogP contribution in [0, 0.1) is 22.7 Å². The Morgan fingerprint density at radius 3 is 2.73 bits per heavy atom. The molecule has 0 N–H and O–H groups in total. The van der Waals surface area contributed by atoms with Crippen LogP contribution in [0.2, 0.25) is 0 Å². The van der Waals surface area contributed by atoms with Gasteiger partial charge in [0.1, 0.15) is 0 Å². The smallest absolute Gasteiger partial charge is 0.264 e. The van der Waals surface area contributed by atoms with E-state index >= 15 is 0 Å². The zero-order chi connectivity index (χ0) is 21.1. The summed E-state index contributed by atoms with van der Waals surface area (Å²) in [6.45, 7) is 4.83. The summed E-state index contributed by atoms with van der Waals surface area (Å²) in [4.78, 5) is 4.35. The molecule has 4 aliphatic rings. The molecule has 1 aromatic heterocycles. The average Bonchev–Trinajstić information content (AvgIpc) is 3.05. The maximum atomic E-state index is 11.6. The van der Waals surface area contributed by atoms with Crippen molar-refractivity contribution < 1.29 is 12.6 Å². The van der Waals surface area contributed by atoms with Crippen LogP contribution in [0.25, 0.3) is 5.57 Å². The van der Waals surface area contributed by atoms with Crippen molar-refractivity contribution in [3.63, 3.8) is 0 Å². The van der Waals surface area contributed by atoms with E-state index in [4.69, 9.17) is 4.18 Å². The van der Waals surface area contributed by atoms with E-state index in [9.17, 15) is 8.42 Å². The molecule has 160 valence electrons. The summed E-state index contributed by atoms with van der Waals surface area (Å²) in [6, 6.07) is 4.20. The second-order valence-electron chi connectivity index (χ2n) is 10.1. The van der Waals surface area contributed by atoms with Crippen LogP contribution in [0.3, 0.4) is 0 Å². The van der Waals surface area contributed by atoms with E-state index in [0.717, 1.165) is 38.4 Å². The third-order valence-corrected chi connectivity index (χ3v) is 9.01. The Kier molecular flexibility index (Phi) is 4.64. The van der Waals surface area contributed by atoms with E-state index in [1.54, 1.807) is 5.57 Å². The molecule has 5 atom stereocenters. The van der Waals surface area contributed by atoms with Gasteiger partial charge in [0.15, 0.2) is 0 Å². The molecule has 1 heterocycles. The van der Waals surface area contributed by atoms with Crippen molar-refractivity contribution in [2.75, 3.05) is 6.26 Å². The molecule has 0 unspecified atom stereocenters. The summed E-state index contributed by atoms with van der Waals surface area (Å²) < 4.78 is 28.6. The van der Waals surface area contributed by atoms with Crippen molar-refractivity contribution in [2.24, 2.45) is 22.7 Å². The Balaban J connectivity index is 1.42. The Morgan fingerprint density at radius 2 is 2.00 bits per heavy atom. The minimum atomic E-state index is -3.41.